The van der Waals surface area contributed by atoms with Gasteiger partial charge in [0, 0.05) is 25.2 Å². The fourth-order valence-corrected chi connectivity index (χ4v) is 3.09. The topological polar surface area (TPSA) is 58.4 Å². The summed E-state index contributed by atoms with van der Waals surface area (Å²) in [7, 11) is 0. The average molecular weight is 319 g/mol. The molecular formula is C19H17N3O2. The van der Waals surface area contributed by atoms with E-state index in [9.17, 15) is 9.90 Å². The van der Waals surface area contributed by atoms with Crippen molar-refractivity contribution < 1.29 is 5.11 Å². The van der Waals surface area contributed by atoms with Crippen molar-refractivity contribution >= 4 is 11.6 Å². The van der Waals surface area contributed by atoms with Gasteiger partial charge >= 0.3 is 0 Å². The normalized spacial score (nSPS) is 13.1. The Morgan fingerprint density at radius 3 is 2.33 bits per heavy atom. The number of anilines is 2. The predicted octanol–water partition coefficient (Wildman–Crippen LogP) is 2.69. The van der Waals surface area contributed by atoms with Crippen LogP contribution in [0.5, 0.6) is 5.88 Å². The first-order chi connectivity index (χ1) is 11.7. The van der Waals surface area contributed by atoms with Gasteiger partial charge in [0.15, 0.2) is 0 Å². The van der Waals surface area contributed by atoms with E-state index < -0.39 is 0 Å². The summed E-state index contributed by atoms with van der Waals surface area (Å²) in [5, 5.41) is 10.3. The van der Waals surface area contributed by atoms with E-state index in [0.717, 1.165) is 11.3 Å². The number of aromatic hydroxyl groups is 1. The Balaban J connectivity index is 1.76. The molecule has 0 aliphatic carbocycles. The zero-order valence-corrected chi connectivity index (χ0v) is 13.1. The summed E-state index contributed by atoms with van der Waals surface area (Å²) in [5.41, 5.74) is 2.12. The monoisotopic (exact) mass is 319 g/mol. The first-order valence-corrected chi connectivity index (χ1v) is 7.93. The molecule has 2 aromatic carbocycles. The van der Waals surface area contributed by atoms with Crippen molar-refractivity contribution in [1.82, 2.24) is 9.55 Å². The third-order valence-corrected chi connectivity index (χ3v) is 4.30. The molecule has 2 heterocycles. The van der Waals surface area contributed by atoms with Crippen LogP contribution < -0.4 is 10.5 Å². The van der Waals surface area contributed by atoms with Gasteiger partial charge in [-0.2, -0.15) is 4.98 Å². The smallest absolute Gasteiger partial charge is 0.262 e. The van der Waals surface area contributed by atoms with Crippen LogP contribution in [0.15, 0.2) is 65.5 Å². The van der Waals surface area contributed by atoms with Gasteiger partial charge in [-0.1, -0.05) is 48.5 Å². The highest BCUT2D eigenvalue weighted by Gasteiger charge is 2.26. The molecule has 3 aromatic rings. The fraction of sp³-hybridized carbons (Fsp3) is 0.158. The van der Waals surface area contributed by atoms with E-state index in [1.54, 1.807) is 4.57 Å². The predicted molar refractivity (Wildman–Crippen MR) is 92.9 cm³/mol. The maximum atomic E-state index is 12.8. The van der Waals surface area contributed by atoms with E-state index >= 15 is 0 Å². The summed E-state index contributed by atoms with van der Waals surface area (Å²) in [5.74, 6) is 0.318. The Labute approximate surface area is 139 Å². The highest BCUT2D eigenvalue weighted by atomic mass is 16.3. The molecule has 0 saturated heterocycles. The van der Waals surface area contributed by atoms with Crippen molar-refractivity contribution in [3.8, 4) is 5.88 Å². The molecule has 24 heavy (non-hydrogen) atoms. The van der Waals surface area contributed by atoms with Crippen molar-refractivity contribution in [3.63, 3.8) is 0 Å². The number of rotatable bonds is 3. The van der Waals surface area contributed by atoms with Crippen molar-refractivity contribution in [2.75, 3.05) is 11.4 Å². The lowest BCUT2D eigenvalue weighted by Gasteiger charge is -2.17. The molecule has 0 fully saturated rings. The SMILES string of the molecule is O=c1c(Cc2ccccc2)c(O)nc2n1CCN2c1ccccc1. The van der Waals surface area contributed by atoms with Crippen molar-refractivity contribution in [3.05, 3.63) is 82.1 Å². The Hall–Kier alpha value is -3.08. The molecule has 5 nitrogen and oxygen atoms in total. The van der Waals surface area contributed by atoms with Crippen LogP contribution in [0.4, 0.5) is 11.6 Å². The van der Waals surface area contributed by atoms with Gasteiger partial charge in [0.25, 0.3) is 5.56 Å². The number of hydrogen-bond acceptors (Lipinski definition) is 4. The summed E-state index contributed by atoms with van der Waals surface area (Å²) in [6, 6.07) is 19.4. The molecule has 1 N–H and O–H groups in total. The zero-order valence-electron chi connectivity index (χ0n) is 13.1. The van der Waals surface area contributed by atoms with Gasteiger partial charge in [-0.3, -0.25) is 9.36 Å². The second-order valence-corrected chi connectivity index (χ2v) is 5.82. The maximum Gasteiger partial charge on any atom is 0.262 e. The number of benzene rings is 2. The van der Waals surface area contributed by atoms with E-state index in [0.29, 0.717) is 31.0 Å². The van der Waals surface area contributed by atoms with Crippen LogP contribution >= 0.6 is 0 Å². The number of para-hydroxylation sites is 1. The minimum atomic E-state index is -0.182. The number of aromatic nitrogens is 2. The van der Waals surface area contributed by atoms with Crippen LogP contribution in [0.2, 0.25) is 0 Å². The molecule has 120 valence electrons. The zero-order chi connectivity index (χ0) is 16.5. The molecule has 0 saturated carbocycles. The quantitative estimate of drug-likeness (QED) is 0.806. The summed E-state index contributed by atoms with van der Waals surface area (Å²) < 4.78 is 1.64. The van der Waals surface area contributed by atoms with Gasteiger partial charge in [0.2, 0.25) is 11.8 Å². The molecule has 4 rings (SSSR count). The Bertz CT molecular complexity index is 921. The standard InChI is InChI=1S/C19H17N3O2/c23-17-16(13-14-7-3-1-4-8-14)18(24)22-12-11-21(19(22)20-17)15-9-5-2-6-10-15/h1-10,23H,11-13H2. The molecule has 0 radical (unpaired) electrons. The minimum Gasteiger partial charge on any atom is -0.493 e. The maximum absolute atomic E-state index is 12.8. The van der Waals surface area contributed by atoms with Crippen molar-refractivity contribution in [2.45, 2.75) is 13.0 Å². The summed E-state index contributed by atoms with van der Waals surface area (Å²) >= 11 is 0. The van der Waals surface area contributed by atoms with Crippen molar-refractivity contribution in [1.29, 1.82) is 0 Å². The minimum absolute atomic E-state index is 0.167. The third-order valence-electron chi connectivity index (χ3n) is 4.30. The Morgan fingerprint density at radius 1 is 0.958 bits per heavy atom. The lowest BCUT2D eigenvalue weighted by molar-refractivity contribution is 0.442. The number of nitrogens with zero attached hydrogens (tertiary/aromatic N) is 3. The van der Waals surface area contributed by atoms with Crippen LogP contribution in [0, 0.1) is 0 Å². The highest BCUT2D eigenvalue weighted by Crippen LogP contribution is 2.29. The Kier molecular flexibility index (Phi) is 3.54. The summed E-state index contributed by atoms with van der Waals surface area (Å²) in [4.78, 5) is 19.1. The van der Waals surface area contributed by atoms with Crippen molar-refractivity contribution in [2.24, 2.45) is 0 Å². The molecular weight excluding hydrogens is 302 g/mol. The van der Waals surface area contributed by atoms with Gasteiger partial charge < -0.3 is 10.0 Å². The van der Waals surface area contributed by atoms with E-state index in [1.165, 1.54) is 0 Å². The van der Waals surface area contributed by atoms with E-state index in [4.69, 9.17) is 0 Å². The molecule has 0 atom stereocenters. The largest absolute Gasteiger partial charge is 0.493 e. The molecule has 0 spiro atoms. The van der Waals surface area contributed by atoms with E-state index in [2.05, 4.69) is 4.98 Å². The van der Waals surface area contributed by atoms with E-state index in [-0.39, 0.29) is 11.4 Å². The average Bonchev–Trinajstić information content (AvgIpc) is 3.04. The summed E-state index contributed by atoms with van der Waals surface area (Å²) in [6.45, 7) is 1.23. The second kappa shape index (κ2) is 5.85. The van der Waals surface area contributed by atoms with Crippen LogP contribution in [0.1, 0.15) is 11.1 Å². The third kappa shape index (κ3) is 2.44. The Morgan fingerprint density at radius 2 is 1.62 bits per heavy atom. The van der Waals surface area contributed by atoms with Gasteiger partial charge in [0.05, 0.1) is 5.56 Å². The first-order valence-electron chi connectivity index (χ1n) is 7.93. The van der Waals surface area contributed by atoms with E-state index in [1.807, 2.05) is 65.6 Å². The molecule has 5 heteroatoms. The van der Waals surface area contributed by atoms with Crippen LogP contribution in [0.3, 0.4) is 0 Å². The first kappa shape index (κ1) is 14.5. The molecule has 1 aliphatic heterocycles. The number of fused-ring (bicyclic) bond motifs is 1. The number of hydrogen-bond donors (Lipinski definition) is 1. The van der Waals surface area contributed by atoms with Gasteiger partial charge in [0.1, 0.15) is 0 Å². The highest BCUT2D eigenvalue weighted by molar-refractivity contribution is 5.59. The molecule has 0 amide bonds. The lowest BCUT2D eigenvalue weighted by Crippen LogP contribution is -2.24. The summed E-state index contributed by atoms with van der Waals surface area (Å²) in [6.07, 6.45) is 0.379. The van der Waals surface area contributed by atoms with Crippen LogP contribution in [-0.2, 0) is 13.0 Å². The van der Waals surface area contributed by atoms with Gasteiger partial charge in [-0.15, -0.1) is 0 Å². The second-order valence-electron chi connectivity index (χ2n) is 5.82. The lowest BCUT2D eigenvalue weighted by atomic mass is 10.1. The van der Waals surface area contributed by atoms with Gasteiger partial charge in [-0.05, 0) is 17.7 Å². The molecule has 0 unspecified atom stereocenters. The molecule has 1 aromatic heterocycles. The van der Waals surface area contributed by atoms with Crippen LogP contribution in [0.25, 0.3) is 0 Å². The molecule has 1 aliphatic rings. The van der Waals surface area contributed by atoms with Gasteiger partial charge in [-0.25, -0.2) is 0 Å². The molecule has 0 bridgehead atoms. The van der Waals surface area contributed by atoms with Crippen LogP contribution in [-0.4, -0.2) is 21.2 Å². The fourth-order valence-electron chi connectivity index (χ4n) is 3.09.